The van der Waals surface area contributed by atoms with Gasteiger partial charge < -0.3 is 15.8 Å². The molecule has 0 bridgehead atoms. The lowest BCUT2D eigenvalue weighted by Gasteiger charge is -2.03. The highest BCUT2D eigenvalue weighted by molar-refractivity contribution is 8.01. The van der Waals surface area contributed by atoms with Crippen LogP contribution in [0.4, 0.5) is 9.39 Å². The fraction of sp³-hybridized carbons (Fsp3) is 0.200. The number of rotatable bonds is 7. The van der Waals surface area contributed by atoms with Crippen LogP contribution in [0.15, 0.2) is 39.4 Å². The average molecular weight is 354 g/mol. The summed E-state index contributed by atoms with van der Waals surface area (Å²) in [5.41, 5.74) is 5.60. The number of nitrogens with two attached hydrogens (primary N) is 1. The van der Waals surface area contributed by atoms with Crippen molar-refractivity contribution in [1.29, 1.82) is 0 Å². The van der Waals surface area contributed by atoms with Crippen molar-refractivity contribution in [3.05, 3.63) is 41.7 Å². The highest BCUT2D eigenvalue weighted by Gasteiger charge is 2.16. The summed E-state index contributed by atoms with van der Waals surface area (Å²) in [6, 6.07) is 7.62. The molecule has 0 atom stereocenters. The summed E-state index contributed by atoms with van der Waals surface area (Å²) in [4.78, 5) is 24.1. The van der Waals surface area contributed by atoms with Crippen molar-refractivity contribution in [2.75, 3.05) is 19.0 Å². The minimum atomic E-state index is -0.616. The van der Waals surface area contributed by atoms with Gasteiger partial charge in [-0.25, -0.2) is 4.39 Å². The number of primary amides is 1. The summed E-state index contributed by atoms with van der Waals surface area (Å²) in [5, 5.41) is 3.07. The lowest BCUT2D eigenvalue weighted by Crippen LogP contribution is -2.17. The van der Waals surface area contributed by atoms with Crippen molar-refractivity contribution < 1.29 is 18.7 Å². The van der Waals surface area contributed by atoms with Gasteiger partial charge in [-0.2, -0.15) is 0 Å². The van der Waals surface area contributed by atoms with Gasteiger partial charge in [0.2, 0.25) is 5.91 Å². The number of hydrogen-bond acceptors (Lipinski definition) is 5. The van der Waals surface area contributed by atoms with E-state index in [-0.39, 0.29) is 23.7 Å². The second-order valence-electron chi connectivity index (χ2n) is 4.52. The number of halogens is 1. The molecule has 0 radical (unpaired) electrons. The Labute approximate surface area is 141 Å². The van der Waals surface area contributed by atoms with E-state index < -0.39 is 5.91 Å². The topological polar surface area (TPSA) is 81.4 Å². The third kappa shape index (κ3) is 5.05. The number of nitrogens with one attached hydrogen (secondary N) is 1. The number of methoxy groups -OCH3 is 1. The first-order valence-electron chi connectivity index (χ1n) is 6.65. The van der Waals surface area contributed by atoms with E-state index in [0.717, 1.165) is 9.10 Å². The number of thiophene rings is 1. The Morgan fingerprint density at radius 2 is 2.04 bits per heavy atom. The van der Waals surface area contributed by atoms with E-state index in [9.17, 15) is 14.0 Å². The smallest absolute Gasteiger partial charge is 0.251 e. The molecule has 0 aliphatic carbocycles. The normalized spacial score (nSPS) is 10.5. The van der Waals surface area contributed by atoms with Crippen LogP contribution in [-0.2, 0) is 9.53 Å². The van der Waals surface area contributed by atoms with E-state index in [2.05, 4.69) is 5.32 Å². The van der Waals surface area contributed by atoms with Gasteiger partial charge in [0.25, 0.3) is 5.91 Å². The number of benzene rings is 1. The number of hydrogen-bond donors (Lipinski definition) is 2. The van der Waals surface area contributed by atoms with Gasteiger partial charge in [0, 0.05) is 12.0 Å². The van der Waals surface area contributed by atoms with Crippen LogP contribution in [0.2, 0.25) is 0 Å². The summed E-state index contributed by atoms with van der Waals surface area (Å²) >= 11 is 2.61. The van der Waals surface area contributed by atoms with E-state index >= 15 is 0 Å². The third-order valence-electron chi connectivity index (χ3n) is 2.79. The van der Waals surface area contributed by atoms with E-state index in [0.29, 0.717) is 11.6 Å². The van der Waals surface area contributed by atoms with E-state index in [4.69, 9.17) is 10.5 Å². The molecule has 0 unspecified atom stereocenters. The molecule has 5 nitrogen and oxygen atoms in total. The molecular formula is C15H15FN2O3S2. The SMILES string of the molecule is COCCC(=O)Nc1sc(Sc2ccc(F)cc2)cc1C(N)=O. The van der Waals surface area contributed by atoms with Gasteiger partial charge in [0.15, 0.2) is 0 Å². The maximum atomic E-state index is 12.9. The van der Waals surface area contributed by atoms with Gasteiger partial charge in [0.1, 0.15) is 10.8 Å². The van der Waals surface area contributed by atoms with Crippen molar-refractivity contribution in [3.8, 4) is 0 Å². The second-order valence-corrected chi connectivity index (χ2v) is 6.95. The van der Waals surface area contributed by atoms with E-state index in [1.165, 1.54) is 42.3 Å². The highest BCUT2D eigenvalue weighted by Crippen LogP contribution is 2.38. The lowest BCUT2D eigenvalue weighted by atomic mass is 10.3. The van der Waals surface area contributed by atoms with Crippen molar-refractivity contribution in [1.82, 2.24) is 0 Å². The Balaban J connectivity index is 2.15. The van der Waals surface area contributed by atoms with Crippen LogP contribution >= 0.6 is 23.1 Å². The summed E-state index contributed by atoms with van der Waals surface area (Å²) in [6.07, 6.45) is 0.188. The van der Waals surface area contributed by atoms with Crippen LogP contribution in [0, 0.1) is 5.82 Å². The van der Waals surface area contributed by atoms with E-state index in [1.54, 1.807) is 18.2 Å². The predicted molar refractivity (Wildman–Crippen MR) is 88.5 cm³/mol. The molecule has 0 saturated carbocycles. The number of anilines is 1. The average Bonchev–Trinajstić information content (AvgIpc) is 2.90. The van der Waals surface area contributed by atoms with Gasteiger partial charge in [-0.05, 0) is 30.3 Å². The second kappa shape index (κ2) is 8.09. The molecule has 2 aromatic rings. The number of ether oxygens (including phenoxy) is 1. The standard InChI is InChI=1S/C15H15FN2O3S2/c1-21-7-6-12(19)18-15-11(14(17)20)8-13(23-15)22-10-4-2-9(16)3-5-10/h2-5,8H,6-7H2,1H3,(H2,17,20)(H,18,19). The minimum Gasteiger partial charge on any atom is -0.384 e. The lowest BCUT2D eigenvalue weighted by molar-refractivity contribution is -0.117. The Bertz CT molecular complexity index is 701. The molecule has 1 aromatic carbocycles. The molecule has 0 aliphatic rings. The van der Waals surface area contributed by atoms with Gasteiger partial charge in [-0.3, -0.25) is 9.59 Å². The molecule has 0 saturated heterocycles. The molecule has 2 rings (SSSR count). The first-order valence-corrected chi connectivity index (χ1v) is 8.28. The highest BCUT2D eigenvalue weighted by atomic mass is 32.2. The molecule has 0 spiro atoms. The molecule has 8 heteroatoms. The van der Waals surface area contributed by atoms with Crippen LogP contribution in [0.1, 0.15) is 16.8 Å². The van der Waals surface area contributed by atoms with Crippen LogP contribution in [0.3, 0.4) is 0 Å². The summed E-state index contributed by atoms with van der Waals surface area (Å²) in [7, 11) is 1.50. The summed E-state index contributed by atoms with van der Waals surface area (Å²) in [5.74, 6) is -1.19. The largest absolute Gasteiger partial charge is 0.384 e. The maximum absolute atomic E-state index is 12.9. The Morgan fingerprint density at radius 3 is 2.65 bits per heavy atom. The molecule has 2 amide bonds. The van der Waals surface area contributed by atoms with Crippen molar-refractivity contribution in [2.24, 2.45) is 5.73 Å². The number of carbonyl (C=O) groups is 2. The van der Waals surface area contributed by atoms with Crippen LogP contribution < -0.4 is 11.1 Å². The Kier molecular flexibility index (Phi) is 6.14. The van der Waals surface area contributed by atoms with Crippen LogP contribution in [0.25, 0.3) is 0 Å². The zero-order valence-corrected chi connectivity index (χ0v) is 13.9. The van der Waals surface area contributed by atoms with Crippen molar-refractivity contribution in [2.45, 2.75) is 15.5 Å². The van der Waals surface area contributed by atoms with Crippen molar-refractivity contribution >= 4 is 39.9 Å². The molecular weight excluding hydrogens is 339 g/mol. The van der Waals surface area contributed by atoms with Gasteiger partial charge in [0.05, 0.1) is 22.8 Å². The number of carbonyl (C=O) groups excluding carboxylic acids is 2. The quantitative estimate of drug-likeness (QED) is 0.800. The maximum Gasteiger partial charge on any atom is 0.251 e. The number of amides is 2. The zero-order chi connectivity index (χ0) is 16.8. The molecule has 0 fully saturated rings. The van der Waals surface area contributed by atoms with Crippen LogP contribution in [-0.4, -0.2) is 25.5 Å². The van der Waals surface area contributed by atoms with Gasteiger partial charge in [-0.1, -0.05) is 11.8 Å². The fourth-order valence-electron chi connectivity index (χ4n) is 1.70. The molecule has 0 aliphatic heterocycles. The molecule has 1 aromatic heterocycles. The summed E-state index contributed by atoms with van der Waals surface area (Å²) < 4.78 is 18.5. The molecule has 3 N–H and O–H groups in total. The summed E-state index contributed by atoms with van der Waals surface area (Å²) in [6.45, 7) is 0.292. The first-order chi connectivity index (χ1) is 11.0. The monoisotopic (exact) mass is 354 g/mol. The Morgan fingerprint density at radius 1 is 1.35 bits per heavy atom. The van der Waals surface area contributed by atoms with Gasteiger partial charge in [-0.15, -0.1) is 11.3 Å². The van der Waals surface area contributed by atoms with E-state index in [1.807, 2.05) is 0 Å². The Hall–Kier alpha value is -1.90. The molecule has 1 heterocycles. The zero-order valence-electron chi connectivity index (χ0n) is 12.3. The fourth-order valence-corrected chi connectivity index (χ4v) is 3.90. The van der Waals surface area contributed by atoms with Gasteiger partial charge >= 0.3 is 0 Å². The minimum absolute atomic E-state index is 0.188. The predicted octanol–water partition coefficient (Wildman–Crippen LogP) is 3.11. The van der Waals surface area contributed by atoms with Crippen molar-refractivity contribution in [3.63, 3.8) is 0 Å². The van der Waals surface area contributed by atoms with Crippen LogP contribution in [0.5, 0.6) is 0 Å². The molecule has 122 valence electrons. The third-order valence-corrected chi connectivity index (χ3v) is 4.97. The molecule has 23 heavy (non-hydrogen) atoms. The first kappa shape index (κ1) is 17.5.